The molecule has 1 aliphatic heterocycles. The Hall–Kier alpha value is -1.80. The van der Waals surface area contributed by atoms with E-state index in [9.17, 15) is 19.8 Å². The third-order valence-corrected chi connectivity index (χ3v) is 4.31. The first kappa shape index (κ1) is 19.5. The third-order valence-electron chi connectivity index (χ3n) is 4.31. The van der Waals surface area contributed by atoms with Crippen LogP contribution in [0.3, 0.4) is 0 Å². The van der Waals surface area contributed by atoms with Gasteiger partial charge in [-0.2, -0.15) is 0 Å². The Kier molecular flexibility index (Phi) is 7.07. The SMILES string of the molecule is CC(=O)C1CC(O)CC(Cc2ccc(CO)cc2C(=O)NCCN)O1. The highest BCUT2D eigenvalue weighted by Crippen LogP contribution is 2.25. The number of Topliss-reactive ketones (excluding diaryl/α,β-unsaturated/α-hetero) is 1. The molecule has 3 unspecified atom stereocenters. The number of aliphatic hydroxyl groups excluding tert-OH is 2. The maximum Gasteiger partial charge on any atom is 0.251 e. The van der Waals surface area contributed by atoms with Crippen molar-refractivity contribution in [3.63, 3.8) is 0 Å². The molecule has 1 amide bonds. The zero-order valence-electron chi connectivity index (χ0n) is 14.4. The molecule has 0 radical (unpaired) electrons. The van der Waals surface area contributed by atoms with Crippen LogP contribution in [0.2, 0.25) is 0 Å². The van der Waals surface area contributed by atoms with Crippen LogP contribution in [0.25, 0.3) is 0 Å². The molecule has 7 heteroatoms. The molecule has 0 aliphatic carbocycles. The van der Waals surface area contributed by atoms with Crippen molar-refractivity contribution < 1.29 is 24.5 Å². The molecule has 1 fully saturated rings. The summed E-state index contributed by atoms with van der Waals surface area (Å²) in [6.07, 6.45) is -0.440. The average molecular weight is 350 g/mol. The Bertz CT molecular complexity index is 619. The summed E-state index contributed by atoms with van der Waals surface area (Å²) in [5.41, 5.74) is 7.25. The summed E-state index contributed by atoms with van der Waals surface area (Å²) in [5, 5.41) is 22.0. The molecule has 1 aromatic carbocycles. The lowest BCUT2D eigenvalue weighted by atomic mass is 9.92. The van der Waals surface area contributed by atoms with Crippen LogP contribution in [-0.2, 0) is 22.6 Å². The summed E-state index contributed by atoms with van der Waals surface area (Å²) >= 11 is 0. The molecular weight excluding hydrogens is 324 g/mol. The summed E-state index contributed by atoms with van der Waals surface area (Å²) in [6.45, 7) is 1.97. The van der Waals surface area contributed by atoms with Crippen molar-refractivity contribution in [2.45, 2.75) is 51.1 Å². The number of carbonyl (C=O) groups is 2. The quantitative estimate of drug-likeness (QED) is 0.545. The number of amides is 1. The van der Waals surface area contributed by atoms with Gasteiger partial charge in [-0.25, -0.2) is 0 Å². The Morgan fingerprint density at radius 3 is 2.76 bits per heavy atom. The highest BCUT2D eigenvalue weighted by atomic mass is 16.5. The number of hydrogen-bond donors (Lipinski definition) is 4. The van der Waals surface area contributed by atoms with E-state index in [-0.39, 0.29) is 24.4 Å². The molecule has 2 rings (SSSR count). The lowest BCUT2D eigenvalue weighted by Crippen LogP contribution is -2.40. The molecule has 138 valence electrons. The molecule has 7 nitrogen and oxygen atoms in total. The summed E-state index contributed by atoms with van der Waals surface area (Å²) < 4.78 is 5.78. The van der Waals surface area contributed by atoms with Crippen LogP contribution >= 0.6 is 0 Å². The molecule has 0 aromatic heterocycles. The van der Waals surface area contributed by atoms with Gasteiger partial charge in [-0.1, -0.05) is 12.1 Å². The smallest absolute Gasteiger partial charge is 0.251 e. The van der Waals surface area contributed by atoms with E-state index in [1.54, 1.807) is 18.2 Å². The van der Waals surface area contributed by atoms with Crippen LogP contribution in [0.4, 0.5) is 0 Å². The van der Waals surface area contributed by atoms with Crippen LogP contribution < -0.4 is 11.1 Å². The van der Waals surface area contributed by atoms with E-state index < -0.39 is 12.2 Å². The van der Waals surface area contributed by atoms with Crippen molar-refractivity contribution in [3.8, 4) is 0 Å². The Balaban J connectivity index is 2.19. The molecule has 25 heavy (non-hydrogen) atoms. The van der Waals surface area contributed by atoms with Crippen LogP contribution in [-0.4, -0.2) is 53.3 Å². The minimum Gasteiger partial charge on any atom is -0.393 e. The lowest BCUT2D eigenvalue weighted by molar-refractivity contribution is -0.145. The van der Waals surface area contributed by atoms with Gasteiger partial charge in [-0.05, 0) is 37.0 Å². The fourth-order valence-corrected chi connectivity index (χ4v) is 3.02. The zero-order chi connectivity index (χ0) is 18.4. The number of ketones is 1. The Labute approximate surface area is 147 Å². The standard InChI is InChI=1S/C18H26N2O5/c1-11(22)17-9-14(23)8-15(25-17)7-13-3-2-12(10-21)6-16(13)18(24)20-5-4-19/h2-3,6,14-15,17,21,23H,4-5,7-10,19H2,1H3,(H,20,24). The van der Waals surface area contributed by atoms with Crippen molar-refractivity contribution in [2.24, 2.45) is 5.73 Å². The molecule has 0 saturated carbocycles. The first-order valence-electron chi connectivity index (χ1n) is 8.49. The maximum atomic E-state index is 12.4. The number of nitrogens with one attached hydrogen (secondary N) is 1. The normalized spacial score (nSPS) is 23.3. The van der Waals surface area contributed by atoms with Gasteiger partial charge >= 0.3 is 0 Å². The van der Waals surface area contributed by atoms with Crippen LogP contribution in [0.1, 0.15) is 41.3 Å². The molecule has 5 N–H and O–H groups in total. The predicted octanol–water partition coefficient (Wildman–Crippen LogP) is -0.0926. The van der Waals surface area contributed by atoms with E-state index in [2.05, 4.69) is 5.32 Å². The topological polar surface area (TPSA) is 122 Å². The third kappa shape index (κ3) is 5.34. The van der Waals surface area contributed by atoms with Gasteiger partial charge in [0.1, 0.15) is 6.10 Å². The summed E-state index contributed by atoms with van der Waals surface area (Å²) in [6, 6.07) is 5.16. The van der Waals surface area contributed by atoms with E-state index >= 15 is 0 Å². The lowest BCUT2D eigenvalue weighted by Gasteiger charge is -2.32. The molecule has 1 aromatic rings. The van der Waals surface area contributed by atoms with Crippen LogP contribution in [0, 0.1) is 0 Å². The van der Waals surface area contributed by atoms with Gasteiger partial charge in [-0.3, -0.25) is 9.59 Å². The van der Waals surface area contributed by atoms with E-state index in [0.717, 1.165) is 5.56 Å². The molecular formula is C18H26N2O5. The maximum absolute atomic E-state index is 12.4. The number of carbonyl (C=O) groups excluding carboxylic acids is 2. The molecule has 0 spiro atoms. The largest absolute Gasteiger partial charge is 0.393 e. The minimum atomic E-state index is -0.611. The van der Waals surface area contributed by atoms with E-state index in [4.69, 9.17) is 10.5 Å². The van der Waals surface area contributed by atoms with Gasteiger partial charge in [0.2, 0.25) is 0 Å². The van der Waals surface area contributed by atoms with Crippen molar-refractivity contribution in [3.05, 3.63) is 34.9 Å². The van der Waals surface area contributed by atoms with Crippen molar-refractivity contribution in [2.75, 3.05) is 13.1 Å². The second kappa shape index (κ2) is 9.05. The second-order valence-electron chi connectivity index (χ2n) is 6.38. The number of benzene rings is 1. The molecule has 1 aliphatic rings. The summed E-state index contributed by atoms with van der Waals surface area (Å²) in [7, 11) is 0. The predicted molar refractivity (Wildman–Crippen MR) is 92.0 cm³/mol. The van der Waals surface area contributed by atoms with Crippen LogP contribution in [0.5, 0.6) is 0 Å². The monoisotopic (exact) mass is 350 g/mol. The minimum absolute atomic E-state index is 0.111. The van der Waals surface area contributed by atoms with Gasteiger partial charge in [0.05, 0.1) is 18.8 Å². The van der Waals surface area contributed by atoms with Gasteiger partial charge in [0.25, 0.3) is 5.91 Å². The molecule has 1 saturated heterocycles. The Morgan fingerprint density at radius 1 is 1.36 bits per heavy atom. The summed E-state index contributed by atoms with van der Waals surface area (Å²) in [5.74, 6) is -0.379. The number of nitrogens with two attached hydrogens (primary N) is 1. The van der Waals surface area contributed by atoms with Gasteiger partial charge in [0, 0.05) is 25.1 Å². The fraction of sp³-hybridized carbons (Fsp3) is 0.556. The van der Waals surface area contributed by atoms with Crippen molar-refractivity contribution in [1.29, 1.82) is 0 Å². The molecule has 1 heterocycles. The molecule has 3 atom stereocenters. The molecule has 0 bridgehead atoms. The Morgan fingerprint density at radius 2 is 2.12 bits per heavy atom. The van der Waals surface area contributed by atoms with E-state index in [1.807, 2.05) is 0 Å². The van der Waals surface area contributed by atoms with E-state index in [0.29, 0.717) is 43.5 Å². The van der Waals surface area contributed by atoms with Crippen molar-refractivity contribution in [1.82, 2.24) is 5.32 Å². The number of hydrogen-bond acceptors (Lipinski definition) is 6. The second-order valence-corrected chi connectivity index (χ2v) is 6.38. The van der Waals surface area contributed by atoms with Gasteiger partial charge in [0.15, 0.2) is 5.78 Å². The number of rotatable bonds is 7. The average Bonchev–Trinajstić information content (AvgIpc) is 2.59. The van der Waals surface area contributed by atoms with E-state index in [1.165, 1.54) is 6.92 Å². The number of aliphatic hydroxyl groups is 2. The first-order valence-corrected chi connectivity index (χ1v) is 8.49. The highest BCUT2D eigenvalue weighted by molar-refractivity contribution is 5.96. The highest BCUT2D eigenvalue weighted by Gasteiger charge is 2.31. The first-order chi connectivity index (χ1) is 11.9. The summed E-state index contributed by atoms with van der Waals surface area (Å²) in [4.78, 5) is 24.0. The number of ether oxygens (including phenoxy) is 1. The fourth-order valence-electron chi connectivity index (χ4n) is 3.02. The van der Waals surface area contributed by atoms with Gasteiger partial charge < -0.3 is 26.0 Å². The van der Waals surface area contributed by atoms with Gasteiger partial charge in [-0.15, -0.1) is 0 Å². The van der Waals surface area contributed by atoms with Crippen LogP contribution in [0.15, 0.2) is 18.2 Å². The van der Waals surface area contributed by atoms with Crippen molar-refractivity contribution >= 4 is 11.7 Å². The zero-order valence-corrected chi connectivity index (χ0v) is 14.4.